The van der Waals surface area contributed by atoms with E-state index in [0.29, 0.717) is 0 Å². The predicted molar refractivity (Wildman–Crippen MR) is 56.7 cm³/mol. The largest absolute Gasteiger partial charge is 0.455 e. The van der Waals surface area contributed by atoms with E-state index in [4.69, 9.17) is 5.73 Å². The molecule has 0 amide bonds. The van der Waals surface area contributed by atoms with Gasteiger partial charge in [-0.2, -0.15) is 26.3 Å². The molecule has 0 unspecified atom stereocenters. The predicted octanol–water partition coefficient (Wildman–Crippen LogP) is 2.59. The van der Waals surface area contributed by atoms with E-state index < -0.39 is 24.3 Å². The Hall–Kier alpha value is -1.58. The van der Waals surface area contributed by atoms with E-state index in [9.17, 15) is 26.3 Å². The monoisotopic (exact) mass is 304 g/mol. The Balaban J connectivity index is 3.04. The van der Waals surface area contributed by atoms with E-state index in [1.165, 1.54) is 6.07 Å². The van der Waals surface area contributed by atoms with Crippen LogP contribution < -0.4 is 10.5 Å². The van der Waals surface area contributed by atoms with Gasteiger partial charge < -0.3 is 10.5 Å². The van der Waals surface area contributed by atoms with Crippen molar-refractivity contribution in [3.05, 3.63) is 23.9 Å². The summed E-state index contributed by atoms with van der Waals surface area (Å²) in [5.41, 5.74) is 5.01. The number of nitrogens with two attached hydrogens (primary N) is 1. The lowest BCUT2D eigenvalue weighted by Crippen LogP contribution is -2.46. The Kier molecular flexibility index (Phi) is 4.23. The number of aromatic nitrogens is 1. The Morgan fingerprint density at radius 2 is 1.68 bits per heavy atom. The minimum atomic E-state index is -5.61. The summed E-state index contributed by atoms with van der Waals surface area (Å²) in [7, 11) is 0. The number of hydrogen-bond donors (Lipinski definition) is 1. The Morgan fingerprint density at radius 3 is 2.11 bits per heavy atom. The number of halogens is 6. The smallest absolute Gasteiger partial charge is 0.434 e. The van der Waals surface area contributed by atoms with Gasteiger partial charge in [-0.25, -0.2) is 4.98 Å². The Bertz CT molecular complexity index is 459. The first-order chi connectivity index (χ1) is 8.51. The lowest BCUT2D eigenvalue weighted by molar-refractivity contribution is -0.300. The highest BCUT2D eigenvalue weighted by Gasteiger charge is 2.59. The van der Waals surface area contributed by atoms with Crippen molar-refractivity contribution in [2.24, 2.45) is 5.73 Å². The fourth-order valence-corrected chi connectivity index (χ4v) is 1.17. The maximum Gasteiger partial charge on any atom is 0.434 e. The zero-order valence-electron chi connectivity index (χ0n) is 8.92. The van der Waals surface area contributed by atoms with Crippen LogP contribution in [-0.4, -0.2) is 28.4 Å². The summed E-state index contributed by atoms with van der Waals surface area (Å²) in [5, 5.41) is 0. The summed E-state index contributed by atoms with van der Waals surface area (Å²) in [6.07, 6.45) is -15.2. The molecule has 1 aromatic heterocycles. The molecular weight excluding hydrogens is 298 g/mol. The first kappa shape index (κ1) is 15.5. The van der Waals surface area contributed by atoms with E-state index in [2.05, 4.69) is 21.9 Å². The highest BCUT2D eigenvalue weighted by molar-refractivity contribution is 7.80. The molecule has 0 atom stereocenters. The maximum atomic E-state index is 12.2. The molecule has 106 valence electrons. The van der Waals surface area contributed by atoms with Crippen molar-refractivity contribution in [1.29, 1.82) is 0 Å². The number of alkyl halides is 6. The molecule has 0 aliphatic rings. The lowest BCUT2D eigenvalue weighted by atomic mass is 10.3. The van der Waals surface area contributed by atoms with Crippen molar-refractivity contribution >= 4 is 17.2 Å². The van der Waals surface area contributed by atoms with E-state index in [-0.39, 0.29) is 10.7 Å². The summed E-state index contributed by atoms with van der Waals surface area (Å²) in [5.74, 6) is -0.870. The van der Waals surface area contributed by atoms with Crippen LogP contribution in [0.5, 0.6) is 5.88 Å². The molecular formula is C9H6F6N2OS. The third-order valence-electron chi connectivity index (χ3n) is 1.81. The van der Waals surface area contributed by atoms with Crippen LogP contribution in [0, 0.1) is 0 Å². The molecule has 0 aromatic carbocycles. The van der Waals surface area contributed by atoms with Gasteiger partial charge in [0.1, 0.15) is 10.7 Å². The van der Waals surface area contributed by atoms with Crippen LogP contribution >= 0.6 is 12.2 Å². The zero-order chi connectivity index (χ0) is 14.8. The molecule has 3 nitrogen and oxygen atoms in total. The lowest BCUT2D eigenvalue weighted by Gasteiger charge is -2.23. The molecule has 1 rings (SSSR count). The number of nitrogens with zero attached hydrogens (tertiary/aromatic N) is 1. The molecule has 1 aromatic rings. The average molecular weight is 304 g/mol. The van der Waals surface area contributed by atoms with E-state index >= 15 is 0 Å². The van der Waals surface area contributed by atoms with Crippen LogP contribution in [0.25, 0.3) is 0 Å². The van der Waals surface area contributed by atoms with Gasteiger partial charge in [0.25, 0.3) is 6.10 Å². The molecule has 0 saturated carbocycles. The van der Waals surface area contributed by atoms with Crippen molar-refractivity contribution in [1.82, 2.24) is 4.98 Å². The molecule has 0 radical (unpaired) electrons. The maximum absolute atomic E-state index is 12.2. The normalized spacial score (nSPS) is 12.6. The van der Waals surface area contributed by atoms with E-state index in [1.807, 2.05) is 0 Å². The molecule has 0 aliphatic carbocycles. The van der Waals surface area contributed by atoms with E-state index in [0.717, 1.165) is 12.1 Å². The average Bonchev–Trinajstić information content (AvgIpc) is 2.23. The third-order valence-corrected chi connectivity index (χ3v) is 2.02. The zero-order valence-corrected chi connectivity index (χ0v) is 9.73. The molecule has 1 heterocycles. The van der Waals surface area contributed by atoms with Gasteiger partial charge in [-0.05, 0) is 6.07 Å². The molecule has 0 spiro atoms. The highest BCUT2D eigenvalue weighted by atomic mass is 32.1. The molecule has 0 saturated heterocycles. The van der Waals surface area contributed by atoms with Crippen LogP contribution in [0.4, 0.5) is 26.3 Å². The van der Waals surface area contributed by atoms with Gasteiger partial charge in [-0.1, -0.05) is 18.3 Å². The quantitative estimate of drug-likeness (QED) is 0.689. The molecule has 0 fully saturated rings. The highest BCUT2D eigenvalue weighted by Crippen LogP contribution is 2.36. The first-order valence-corrected chi connectivity index (χ1v) is 4.99. The minimum absolute atomic E-state index is 0.143. The summed E-state index contributed by atoms with van der Waals surface area (Å²) >= 11 is 4.50. The number of ether oxygens (including phenoxy) is 1. The second-order valence-corrected chi connectivity index (χ2v) is 3.75. The number of rotatable bonds is 3. The van der Waals surface area contributed by atoms with Gasteiger partial charge >= 0.3 is 12.4 Å². The molecule has 0 aliphatic heterocycles. The van der Waals surface area contributed by atoms with Gasteiger partial charge in [-0.15, -0.1) is 0 Å². The summed E-state index contributed by atoms with van der Waals surface area (Å²) in [4.78, 5) is 3.07. The van der Waals surface area contributed by atoms with Crippen molar-refractivity contribution in [3.8, 4) is 5.88 Å². The number of hydrogen-bond acceptors (Lipinski definition) is 3. The fraction of sp³-hybridized carbons (Fsp3) is 0.333. The Labute approximate surface area is 108 Å². The summed E-state index contributed by atoms with van der Waals surface area (Å²) < 4.78 is 77.3. The van der Waals surface area contributed by atoms with Gasteiger partial charge in [0.15, 0.2) is 0 Å². The van der Waals surface area contributed by atoms with Gasteiger partial charge in [-0.3, -0.25) is 0 Å². The first-order valence-electron chi connectivity index (χ1n) is 4.59. The van der Waals surface area contributed by atoms with Gasteiger partial charge in [0, 0.05) is 6.07 Å². The minimum Gasteiger partial charge on any atom is -0.455 e. The number of thiocarbonyl (C=S) groups is 1. The molecule has 0 bridgehead atoms. The number of pyridine rings is 1. The van der Waals surface area contributed by atoms with Crippen molar-refractivity contribution in [3.63, 3.8) is 0 Å². The standard InChI is InChI=1S/C9H6F6N2OS/c10-8(11,12)7(9(13,14)15)18-5-3-1-2-4(17-5)6(16)19/h1-3,7H,(H2,16,19). The van der Waals surface area contributed by atoms with Crippen LogP contribution in [0.15, 0.2) is 18.2 Å². The summed E-state index contributed by atoms with van der Waals surface area (Å²) in [6, 6.07) is 3.19. The molecule has 2 N–H and O–H groups in total. The fourth-order valence-electron chi connectivity index (χ4n) is 1.06. The van der Waals surface area contributed by atoms with Crippen LogP contribution in [0.1, 0.15) is 5.69 Å². The molecule has 10 heteroatoms. The second kappa shape index (κ2) is 5.19. The van der Waals surface area contributed by atoms with Crippen LogP contribution in [-0.2, 0) is 0 Å². The topological polar surface area (TPSA) is 48.1 Å². The Morgan fingerprint density at radius 1 is 1.16 bits per heavy atom. The van der Waals surface area contributed by atoms with Gasteiger partial charge in [0.2, 0.25) is 5.88 Å². The SMILES string of the molecule is NC(=S)c1cccc(OC(C(F)(F)F)C(F)(F)F)n1. The third kappa shape index (κ3) is 4.23. The van der Waals surface area contributed by atoms with Crippen LogP contribution in [0.2, 0.25) is 0 Å². The second-order valence-electron chi connectivity index (χ2n) is 3.31. The van der Waals surface area contributed by atoms with Crippen molar-refractivity contribution < 1.29 is 31.1 Å². The van der Waals surface area contributed by atoms with Crippen molar-refractivity contribution in [2.75, 3.05) is 0 Å². The van der Waals surface area contributed by atoms with Gasteiger partial charge in [0.05, 0.1) is 0 Å². The molecule has 19 heavy (non-hydrogen) atoms. The van der Waals surface area contributed by atoms with E-state index in [1.54, 1.807) is 0 Å². The van der Waals surface area contributed by atoms with Crippen molar-refractivity contribution in [2.45, 2.75) is 18.5 Å². The summed E-state index contributed by atoms with van der Waals surface area (Å²) in [6.45, 7) is 0. The van der Waals surface area contributed by atoms with Crippen LogP contribution in [0.3, 0.4) is 0 Å².